The molecule has 2 aromatic carbocycles. The SMILES string of the molecule is Oc1ccc(-c2ccc3oc(NC4C=CC=CC4)nc3c2)cc1O. The van der Waals surface area contributed by atoms with Crippen LogP contribution in [0.2, 0.25) is 0 Å². The lowest BCUT2D eigenvalue weighted by Crippen LogP contribution is -2.16. The zero-order valence-corrected chi connectivity index (χ0v) is 12.8. The number of fused-ring (bicyclic) bond motifs is 1. The molecule has 1 aliphatic carbocycles. The van der Waals surface area contributed by atoms with Crippen molar-refractivity contribution in [1.82, 2.24) is 4.98 Å². The molecule has 3 aromatic rings. The quantitative estimate of drug-likeness (QED) is 0.630. The maximum Gasteiger partial charge on any atom is 0.296 e. The predicted octanol–water partition coefficient (Wildman–Crippen LogP) is 4.20. The van der Waals surface area contributed by atoms with Crippen molar-refractivity contribution >= 4 is 17.1 Å². The van der Waals surface area contributed by atoms with Crippen molar-refractivity contribution in [3.63, 3.8) is 0 Å². The van der Waals surface area contributed by atoms with Crippen molar-refractivity contribution in [3.05, 3.63) is 60.7 Å². The Kier molecular flexibility index (Phi) is 3.46. The van der Waals surface area contributed by atoms with E-state index in [0.29, 0.717) is 11.6 Å². The van der Waals surface area contributed by atoms with E-state index in [9.17, 15) is 10.2 Å². The number of oxazole rings is 1. The van der Waals surface area contributed by atoms with E-state index < -0.39 is 0 Å². The van der Waals surface area contributed by atoms with Crippen LogP contribution in [0.15, 0.2) is 65.1 Å². The molecule has 1 aromatic heterocycles. The summed E-state index contributed by atoms with van der Waals surface area (Å²) in [4.78, 5) is 4.49. The highest BCUT2D eigenvalue weighted by molar-refractivity contribution is 5.82. The number of aromatic nitrogens is 1. The van der Waals surface area contributed by atoms with Crippen molar-refractivity contribution in [2.75, 3.05) is 5.32 Å². The number of phenolic OH excluding ortho intramolecular Hbond substituents is 2. The van der Waals surface area contributed by atoms with E-state index >= 15 is 0 Å². The first kappa shape index (κ1) is 14.4. The molecule has 3 N–H and O–H groups in total. The van der Waals surface area contributed by atoms with Crippen molar-refractivity contribution < 1.29 is 14.6 Å². The van der Waals surface area contributed by atoms with Crippen LogP contribution in [-0.4, -0.2) is 21.2 Å². The highest BCUT2D eigenvalue weighted by atomic mass is 16.4. The van der Waals surface area contributed by atoms with Crippen LogP contribution < -0.4 is 5.32 Å². The Balaban J connectivity index is 1.64. The van der Waals surface area contributed by atoms with Gasteiger partial charge in [-0.1, -0.05) is 36.4 Å². The number of hydrogen-bond acceptors (Lipinski definition) is 5. The Bertz CT molecular complexity index is 956. The molecular weight excluding hydrogens is 304 g/mol. The summed E-state index contributed by atoms with van der Waals surface area (Å²) in [6.45, 7) is 0. The first-order chi connectivity index (χ1) is 11.7. The lowest BCUT2D eigenvalue weighted by molar-refractivity contribution is 0.404. The van der Waals surface area contributed by atoms with Crippen molar-refractivity contribution in [3.8, 4) is 22.6 Å². The molecule has 0 fully saturated rings. The van der Waals surface area contributed by atoms with Crippen molar-refractivity contribution in [2.45, 2.75) is 12.5 Å². The van der Waals surface area contributed by atoms with E-state index in [-0.39, 0.29) is 17.5 Å². The third-order valence-electron chi connectivity index (χ3n) is 3.99. The molecule has 0 amide bonds. The normalized spacial score (nSPS) is 16.6. The largest absolute Gasteiger partial charge is 0.504 e. The van der Waals surface area contributed by atoms with Crippen molar-refractivity contribution in [1.29, 1.82) is 0 Å². The number of hydrogen-bond donors (Lipinski definition) is 3. The first-order valence-corrected chi connectivity index (χ1v) is 7.72. The topological polar surface area (TPSA) is 78.5 Å². The van der Waals surface area contributed by atoms with Gasteiger partial charge in [0.2, 0.25) is 0 Å². The molecule has 1 atom stereocenters. The van der Waals surface area contributed by atoms with Gasteiger partial charge in [0.05, 0.1) is 6.04 Å². The van der Waals surface area contributed by atoms with Gasteiger partial charge in [0, 0.05) is 0 Å². The van der Waals surface area contributed by atoms with E-state index in [1.165, 1.54) is 12.1 Å². The molecule has 0 spiro atoms. The van der Waals surface area contributed by atoms with Gasteiger partial charge in [0.25, 0.3) is 6.01 Å². The van der Waals surface area contributed by atoms with E-state index in [2.05, 4.69) is 22.5 Å². The summed E-state index contributed by atoms with van der Waals surface area (Å²) in [6.07, 6.45) is 9.07. The minimum atomic E-state index is -0.146. The summed E-state index contributed by atoms with van der Waals surface area (Å²) in [5.74, 6) is -0.283. The molecular formula is C19H16N2O3. The van der Waals surface area contributed by atoms with Crippen LogP contribution in [0.3, 0.4) is 0 Å². The molecule has 24 heavy (non-hydrogen) atoms. The van der Waals surface area contributed by atoms with Crippen LogP contribution in [-0.2, 0) is 0 Å². The second-order valence-electron chi connectivity index (χ2n) is 5.70. The average Bonchev–Trinajstić information content (AvgIpc) is 2.99. The van der Waals surface area contributed by atoms with E-state index in [0.717, 1.165) is 23.1 Å². The lowest BCUT2D eigenvalue weighted by Gasteiger charge is -2.12. The highest BCUT2D eigenvalue weighted by Gasteiger charge is 2.12. The number of benzene rings is 2. The van der Waals surface area contributed by atoms with Gasteiger partial charge < -0.3 is 19.9 Å². The first-order valence-electron chi connectivity index (χ1n) is 7.72. The predicted molar refractivity (Wildman–Crippen MR) is 93.1 cm³/mol. The Labute approximate surface area is 138 Å². The van der Waals surface area contributed by atoms with Crippen molar-refractivity contribution in [2.24, 2.45) is 0 Å². The summed E-state index contributed by atoms with van der Waals surface area (Å²) in [6, 6.07) is 11.0. The molecule has 0 aliphatic heterocycles. The number of anilines is 1. The van der Waals surface area contributed by atoms with Crippen LogP contribution in [0.25, 0.3) is 22.2 Å². The molecule has 120 valence electrons. The highest BCUT2D eigenvalue weighted by Crippen LogP contribution is 2.32. The zero-order chi connectivity index (χ0) is 16.5. The molecule has 0 radical (unpaired) electrons. The summed E-state index contributed by atoms with van der Waals surface area (Å²) in [5.41, 5.74) is 3.11. The second-order valence-corrected chi connectivity index (χ2v) is 5.70. The third kappa shape index (κ3) is 2.72. The van der Waals surface area contributed by atoms with Gasteiger partial charge >= 0.3 is 0 Å². The summed E-state index contributed by atoms with van der Waals surface area (Å²) in [5, 5.41) is 22.3. The molecule has 4 rings (SSSR count). The molecule has 0 bridgehead atoms. The Morgan fingerprint density at radius 3 is 2.62 bits per heavy atom. The van der Waals surface area contributed by atoms with Gasteiger partial charge in [0.15, 0.2) is 17.1 Å². The molecule has 5 heteroatoms. The van der Waals surface area contributed by atoms with E-state index in [4.69, 9.17) is 4.42 Å². The smallest absolute Gasteiger partial charge is 0.296 e. The maximum atomic E-state index is 9.66. The zero-order valence-electron chi connectivity index (χ0n) is 12.8. The standard InChI is InChI=1S/C19H16N2O3/c22-16-8-6-13(11-17(16)23)12-7-9-18-15(10-12)21-19(24-18)20-14-4-2-1-3-5-14/h1-4,6-11,14,22-23H,5H2,(H,20,21). The number of phenols is 2. The van der Waals surface area contributed by atoms with Gasteiger partial charge in [-0.3, -0.25) is 0 Å². The van der Waals surface area contributed by atoms with Crippen LogP contribution >= 0.6 is 0 Å². The van der Waals surface area contributed by atoms with Gasteiger partial charge in [-0.2, -0.15) is 4.98 Å². The van der Waals surface area contributed by atoms with Crippen LogP contribution in [0.1, 0.15) is 6.42 Å². The fourth-order valence-corrected chi connectivity index (χ4v) is 2.72. The molecule has 0 saturated carbocycles. The number of nitrogens with one attached hydrogen (secondary N) is 1. The number of aromatic hydroxyl groups is 2. The monoisotopic (exact) mass is 320 g/mol. The minimum absolute atomic E-state index is 0.137. The second kappa shape index (κ2) is 5.77. The fourth-order valence-electron chi connectivity index (χ4n) is 2.72. The molecule has 1 heterocycles. The number of allylic oxidation sites excluding steroid dienone is 2. The van der Waals surface area contributed by atoms with Crippen LogP contribution in [0.5, 0.6) is 11.5 Å². The van der Waals surface area contributed by atoms with E-state index in [1.54, 1.807) is 6.07 Å². The molecule has 0 saturated heterocycles. The summed E-state index contributed by atoms with van der Waals surface area (Å²) in [7, 11) is 0. The molecule has 5 nitrogen and oxygen atoms in total. The summed E-state index contributed by atoms with van der Waals surface area (Å²) < 4.78 is 5.73. The van der Waals surface area contributed by atoms with Crippen LogP contribution in [0, 0.1) is 0 Å². The number of nitrogens with zero attached hydrogens (tertiary/aromatic N) is 1. The molecule has 1 aliphatic rings. The Hall–Kier alpha value is -3.21. The third-order valence-corrected chi connectivity index (χ3v) is 3.99. The van der Waals surface area contributed by atoms with Gasteiger partial charge in [-0.15, -0.1) is 0 Å². The van der Waals surface area contributed by atoms with Gasteiger partial charge in [0.1, 0.15) is 5.52 Å². The number of rotatable bonds is 3. The minimum Gasteiger partial charge on any atom is -0.504 e. The average molecular weight is 320 g/mol. The van der Waals surface area contributed by atoms with E-state index in [1.807, 2.05) is 30.4 Å². The van der Waals surface area contributed by atoms with Gasteiger partial charge in [-0.05, 0) is 41.8 Å². The lowest BCUT2D eigenvalue weighted by atomic mass is 10.0. The fraction of sp³-hybridized carbons (Fsp3) is 0.105. The van der Waals surface area contributed by atoms with Crippen LogP contribution in [0.4, 0.5) is 6.01 Å². The summed E-state index contributed by atoms with van der Waals surface area (Å²) >= 11 is 0. The van der Waals surface area contributed by atoms with Gasteiger partial charge in [-0.25, -0.2) is 0 Å². The Morgan fingerprint density at radius 2 is 1.83 bits per heavy atom. The maximum absolute atomic E-state index is 9.66. The Morgan fingerprint density at radius 1 is 1.00 bits per heavy atom. The molecule has 1 unspecified atom stereocenters.